The fourth-order valence-electron chi connectivity index (χ4n) is 5.84. The van der Waals surface area contributed by atoms with Crippen LogP contribution in [-0.2, 0) is 11.3 Å². The number of nitrogens with zero attached hydrogens (tertiary/aromatic N) is 7. The predicted molar refractivity (Wildman–Crippen MR) is 146 cm³/mol. The van der Waals surface area contributed by atoms with Crippen molar-refractivity contribution in [3.63, 3.8) is 0 Å². The Bertz CT molecular complexity index is 1650. The molecule has 11 nitrogen and oxygen atoms in total. The first-order chi connectivity index (χ1) is 20.1. The standard InChI is InChI=1S/C28H28F2N8O3/c1-39-25-5-2-17(10-32-25)13-37-19-8-20(37)15-36(14-19)24-4-3-18(11-31-24)22-9-21(40-6-7-41-28(29)30)16-38-26(22)23-12-33-34-27(23)35-38/h2-5,9-12,16,19-20,28H,6-8,13-15H2,1H3,(H,34,35). The van der Waals surface area contributed by atoms with Crippen molar-refractivity contribution in [2.75, 3.05) is 38.3 Å². The molecule has 0 amide bonds. The molecular weight excluding hydrogens is 534 g/mol. The molecule has 3 fully saturated rings. The van der Waals surface area contributed by atoms with Crippen LogP contribution in [0.2, 0.25) is 0 Å². The summed E-state index contributed by atoms with van der Waals surface area (Å²) < 4.78 is 41.6. The number of H-pyrrole nitrogens is 1. The third kappa shape index (κ3) is 4.91. The highest BCUT2D eigenvalue weighted by Gasteiger charge is 2.44. The molecule has 3 aliphatic rings. The van der Waals surface area contributed by atoms with E-state index in [0.29, 0.717) is 29.4 Å². The Balaban J connectivity index is 1.08. The number of hydrogen-bond acceptors (Lipinski definition) is 9. The number of methoxy groups -OCH3 is 1. The molecule has 2 unspecified atom stereocenters. The van der Waals surface area contributed by atoms with Gasteiger partial charge in [-0.3, -0.25) is 10.00 Å². The maximum Gasteiger partial charge on any atom is 0.345 e. The van der Waals surface area contributed by atoms with Crippen molar-refractivity contribution in [2.45, 2.75) is 31.7 Å². The Morgan fingerprint density at radius 2 is 1.93 bits per heavy atom. The molecule has 0 radical (unpaired) electrons. The van der Waals surface area contributed by atoms with Gasteiger partial charge in [-0.2, -0.15) is 13.9 Å². The number of halogens is 2. The number of piperazine rings is 1. The Hall–Kier alpha value is -4.36. The van der Waals surface area contributed by atoms with Crippen molar-refractivity contribution < 1.29 is 23.0 Å². The molecule has 8 heterocycles. The summed E-state index contributed by atoms with van der Waals surface area (Å²) in [5.74, 6) is 2.04. The normalized spacial score (nSPS) is 18.8. The molecule has 41 heavy (non-hydrogen) atoms. The lowest BCUT2D eigenvalue weighted by Gasteiger charge is -2.56. The zero-order valence-corrected chi connectivity index (χ0v) is 22.3. The molecule has 13 heteroatoms. The number of anilines is 1. The van der Waals surface area contributed by atoms with Crippen LogP contribution in [0, 0.1) is 0 Å². The SMILES string of the molecule is COc1ccc(CN2C3CC2CN(c2ccc(-c4cc(OCCOC(F)F)cn5nc6[nH]ncc6c45)cn2)C3)cn1. The molecule has 2 bridgehead atoms. The van der Waals surface area contributed by atoms with Crippen molar-refractivity contribution in [3.05, 3.63) is 60.7 Å². The summed E-state index contributed by atoms with van der Waals surface area (Å²) in [5.41, 5.74) is 4.40. The third-order valence-electron chi connectivity index (χ3n) is 7.80. The number of ether oxygens (including phenoxy) is 3. The smallest absolute Gasteiger partial charge is 0.345 e. The van der Waals surface area contributed by atoms with Crippen molar-refractivity contribution >= 4 is 22.4 Å². The zero-order valence-electron chi connectivity index (χ0n) is 22.3. The van der Waals surface area contributed by atoms with Crippen LogP contribution in [0.15, 0.2) is 55.1 Å². The number of nitrogens with one attached hydrogen (secondary N) is 1. The molecule has 212 valence electrons. The average Bonchev–Trinajstić information content (AvgIpc) is 3.59. The van der Waals surface area contributed by atoms with Crippen molar-refractivity contribution in [2.24, 2.45) is 0 Å². The average molecular weight is 563 g/mol. The van der Waals surface area contributed by atoms with Gasteiger partial charge in [0.1, 0.15) is 18.2 Å². The number of fused-ring (bicyclic) bond motifs is 5. The molecule has 5 aromatic rings. The lowest BCUT2D eigenvalue weighted by atomic mass is 9.87. The van der Waals surface area contributed by atoms with E-state index in [0.717, 1.165) is 47.5 Å². The lowest BCUT2D eigenvalue weighted by molar-refractivity contribution is -0.133. The van der Waals surface area contributed by atoms with Crippen LogP contribution in [0.3, 0.4) is 0 Å². The van der Waals surface area contributed by atoms with Gasteiger partial charge in [0.25, 0.3) is 0 Å². The Morgan fingerprint density at radius 3 is 2.66 bits per heavy atom. The summed E-state index contributed by atoms with van der Waals surface area (Å²) in [7, 11) is 1.62. The quantitative estimate of drug-likeness (QED) is 0.255. The van der Waals surface area contributed by atoms with Crippen LogP contribution in [0.25, 0.3) is 27.7 Å². The predicted octanol–water partition coefficient (Wildman–Crippen LogP) is 3.76. The number of piperidine rings is 1. The van der Waals surface area contributed by atoms with Crippen LogP contribution in [0.5, 0.6) is 11.6 Å². The first kappa shape index (κ1) is 25.6. The molecule has 0 saturated carbocycles. The van der Waals surface area contributed by atoms with E-state index in [4.69, 9.17) is 14.5 Å². The van der Waals surface area contributed by atoms with Crippen molar-refractivity contribution in [3.8, 4) is 22.8 Å². The van der Waals surface area contributed by atoms with E-state index in [1.54, 1.807) is 24.0 Å². The van der Waals surface area contributed by atoms with Crippen LogP contribution in [0.4, 0.5) is 14.6 Å². The molecule has 1 N–H and O–H groups in total. The number of aromatic amines is 1. The van der Waals surface area contributed by atoms with E-state index in [-0.39, 0.29) is 13.2 Å². The Labute approximate surface area is 233 Å². The molecule has 0 aliphatic carbocycles. The van der Waals surface area contributed by atoms with E-state index < -0.39 is 6.61 Å². The minimum atomic E-state index is -2.83. The maximum atomic E-state index is 12.3. The monoisotopic (exact) mass is 562 g/mol. The van der Waals surface area contributed by atoms with Crippen LogP contribution >= 0.6 is 0 Å². The van der Waals surface area contributed by atoms with Crippen LogP contribution in [-0.4, -0.2) is 86.8 Å². The summed E-state index contributed by atoms with van der Waals surface area (Å²) >= 11 is 0. The minimum absolute atomic E-state index is 0.0174. The van der Waals surface area contributed by atoms with Gasteiger partial charge < -0.3 is 19.1 Å². The van der Waals surface area contributed by atoms with Crippen LogP contribution < -0.4 is 14.4 Å². The topological polar surface area (TPSA) is 106 Å². The highest BCUT2D eigenvalue weighted by Crippen LogP contribution is 2.37. The molecule has 3 saturated heterocycles. The van der Waals surface area contributed by atoms with Gasteiger partial charge in [0, 0.05) is 61.3 Å². The van der Waals surface area contributed by atoms with Gasteiger partial charge in [-0.1, -0.05) is 6.07 Å². The first-order valence-electron chi connectivity index (χ1n) is 13.4. The number of rotatable bonds is 10. The van der Waals surface area contributed by atoms with Gasteiger partial charge in [0.15, 0.2) is 5.65 Å². The van der Waals surface area contributed by atoms with E-state index in [1.807, 2.05) is 36.7 Å². The van der Waals surface area contributed by atoms with Gasteiger partial charge in [-0.05, 0) is 30.2 Å². The number of aromatic nitrogens is 6. The zero-order chi connectivity index (χ0) is 27.9. The Morgan fingerprint density at radius 1 is 1.05 bits per heavy atom. The number of alkyl halides is 2. The highest BCUT2D eigenvalue weighted by atomic mass is 19.3. The Kier molecular flexibility index (Phi) is 6.59. The van der Waals surface area contributed by atoms with Gasteiger partial charge >= 0.3 is 6.61 Å². The number of hydrogen-bond donors (Lipinski definition) is 1. The van der Waals surface area contributed by atoms with Gasteiger partial charge in [-0.25, -0.2) is 14.5 Å². The van der Waals surface area contributed by atoms with Crippen molar-refractivity contribution in [1.82, 2.24) is 34.7 Å². The van der Waals surface area contributed by atoms with Gasteiger partial charge in [0.2, 0.25) is 5.88 Å². The van der Waals surface area contributed by atoms with E-state index in [1.165, 1.54) is 12.0 Å². The second kappa shape index (κ2) is 10.6. The van der Waals surface area contributed by atoms with Crippen molar-refractivity contribution in [1.29, 1.82) is 0 Å². The molecule has 0 aromatic carbocycles. The first-order valence-corrected chi connectivity index (χ1v) is 13.4. The van der Waals surface area contributed by atoms with E-state index in [9.17, 15) is 8.78 Å². The third-order valence-corrected chi connectivity index (χ3v) is 7.80. The molecule has 8 rings (SSSR count). The van der Waals surface area contributed by atoms with E-state index in [2.05, 4.69) is 40.9 Å². The molecule has 3 aliphatic heterocycles. The van der Waals surface area contributed by atoms with Crippen LogP contribution in [0.1, 0.15) is 12.0 Å². The highest BCUT2D eigenvalue weighted by molar-refractivity contribution is 6.00. The maximum absolute atomic E-state index is 12.3. The summed E-state index contributed by atoms with van der Waals surface area (Å²) in [6.07, 6.45) is 8.37. The van der Waals surface area contributed by atoms with Gasteiger partial charge in [-0.15, -0.1) is 5.10 Å². The summed E-state index contributed by atoms with van der Waals surface area (Å²) in [6.45, 7) is -0.366. The fourth-order valence-corrected chi connectivity index (χ4v) is 5.84. The summed E-state index contributed by atoms with van der Waals surface area (Å²) in [4.78, 5) is 14.1. The fraction of sp³-hybridized carbons (Fsp3) is 0.357. The lowest BCUT2D eigenvalue weighted by Crippen LogP contribution is -2.68. The molecule has 0 spiro atoms. The minimum Gasteiger partial charge on any atom is -0.490 e. The summed E-state index contributed by atoms with van der Waals surface area (Å²) in [6, 6.07) is 10.9. The summed E-state index contributed by atoms with van der Waals surface area (Å²) in [5, 5.41) is 12.4. The largest absolute Gasteiger partial charge is 0.490 e. The van der Waals surface area contributed by atoms with Gasteiger partial charge in [0.05, 0.1) is 37.0 Å². The second-order valence-electron chi connectivity index (χ2n) is 10.2. The molecule has 2 atom stereocenters. The second-order valence-corrected chi connectivity index (χ2v) is 10.2. The van der Waals surface area contributed by atoms with E-state index >= 15 is 0 Å². The number of pyridine rings is 3. The molecular formula is C28H28F2N8O3. The molecule has 5 aromatic heterocycles.